The molecule has 0 fully saturated rings. The van der Waals surface area contributed by atoms with Crippen LogP contribution in [0.25, 0.3) is 0 Å². The molecule has 0 unspecified atom stereocenters. The van der Waals surface area contributed by atoms with E-state index in [9.17, 15) is 9.59 Å². The van der Waals surface area contributed by atoms with E-state index in [1.165, 1.54) is 6.92 Å². The fourth-order valence-corrected chi connectivity index (χ4v) is 2.33. The van der Waals surface area contributed by atoms with Gasteiger partial charge in [0, 0.05) is 13.4 Å². The van der Waals surface area contributed by atoms with Gasteiger partial charge < -0.3 is 10.1 Å². The van der Waals surface area contributed by atoms with E-state index in [-0.39, 0.29) is 5.78 Å². The third-order valence-corrected chi connectivity index (χ3v) is 4.76. The second-order valence-corrected chi connectivity index (χ2v) is 12.0. The topological polar surface area (TPSA) is 55.4 Å². The molecule has 0 aliphatic rings. The van der Waals surface area contributed by atoms with Crippen LogP contribution in [0.5, 0.6) is 0 Å². The quantitative estimate of drug-likeness (QED) is 0.546. The number of alkyl halides is 1. The van der Waals surface area contributed by atoms with E-state index < -0.39 is 20.2 Å². The normalized spacial score (nSPS) is 12.9. The number of ketones is 1. The lowest BCUT2D eigenvalue weighted by molar-refractivity contribution is -0.119. The number of hydrogen-bond acceptors (Lipinski definition) is 3. The minimum Gasteiger partial charge on any atom is -0.450 e. The lowest BCUT2D eigenvalue weighted by Crippen LogP contribution is -2.40. The predicted octanol–water partition coefficient (Wildman–Crippen LogP) is 3.18. The van der Waals surface area contributed by atoms with E-state index >= 15 is 0 Å². The van der Waals surface area contributed by atoms with Crippen LogP contribution in [0.2, 0.25) is 25.7 Å². The number of carbonyl (C=O) groups is 2. The highest BCUT2D eigenvalue weighted by atomic mass is 79.9. The largest absolute Gasteiger partial charge is 0.450 e. The molecule has 0 aromatic carbocycles. The highest BCUT2D eigenvalue weighted by Crippen LogP contribution is 2.08. The Balaban J connectivity index is 3.99. The number of Topliss-reactive ketones (excluding diaryl/α,β-unsaturated/α-hetero) is 1. The Labute approximate surface area is 119 Å². The molecule has 0 rings (SSSR count). The van der Waals surface area contributed by atoms with Gasteiger partial charge in [-0.15, -0.1) is 0 Å². The average Bonchev–Trinajstić information content (AvgIpc) is 2.21. The van der Waals surface area contributed by atoms with Gasteiger partial charge in [0.15, 0.2) is 5.78 Å². The minimum absolute atomic E-state index is 0.0295. The molecule has 1 atom stereocenters. The number of halogens is 1. The molecule has 0 aromatic heterocycles. The van der Waals surface area contributed by atoms with Crippen molar-refractivity contribution in [3.63, 3.8) is 0 Å². The Bertz CT molecular complexity index is 279. The van der Waals surface area contributed by atoms with Gasteiger partial charge >= 0.3 is 6.09 Å². The molecule has 0 radical (unpaired) electrons. The monoisotopic (exact) mass is 337 g/mol. The Kier molecular flexibility index (Phi) is 8.51. The van der Waals surface area contributed by atoms with E-state index in [0.717, 1.165) is 17.8 Å². The summed E-state index contributed by atoms with van der Waals surface area (Å²) in [5, 5.41) is 3.44. The molecule has 1 amide bonds. The van der Waals surface area contributed by atoms with Gasteiger partial charge in [0.25, 0.3) is 0 Å². The van der Waals surface area contributed by atoms with Crippen LogP contribution in [-0.2, 0) is 9.53 Å². The molecule has 106 valence electrons. The Morgan fingerprint density at radius 2 is 1.94 bits per heavy atom. The van der Waals surface area contributed by atoms with Gasteiger partial charge in [0.05, 0.1) is 12.6 Å². The lowest BCUT2D eigenvalue weighted by atomic mass is 10.1. The van der Waals surface area contributed by atoms with Crippen molar-refractivity contribution in [1.29, 1.82) is 0 Å². The minimum atomic E-state index is -1.18. The fourth-order valence-electron chi connectivity index (χ4n) is 1.29. The van der Waals surface area contributed by atoms with Crippen molar-refractivity contribution in [2.24, 2.45) is 0 Å². The third kappa shape index (κ3) is 9.64. The molecule has 0 aliphatic carbocycles. The third-order valence-electron chi connectivity index (χ3n) is 2.49. The summed E-state index contributed by atoms with van der Waals surface area (Å²) >= 11 is 3.31. The van der Waals surface area contributed by atoms with E-state index in [1.807, 2.05) is 0 Å². The molecule has 0 aliphatic heterocycles. The van der Waals surface area contributed by atoms with Gasteiger partial charge in [-0.1, -0.05) is 35.6 Å². The zero-order valence-electron chi connectivity index (χ0n) is 11.7. The van der Waals surface area contributed by atoms with Crippen molar-refractivity contribution in [2.45, 2.75) is 51.5 Å². The number of ether oxygens (including phenoxy) is 1. The maximum atomic E-state index is 11.5. The van der Waals surface area contributed by atoms with Crippen molar-refractivity contribution < 1.29 is 14.3 Å². The number of amides is 1. The Morgan fingerprint density at radius 3 is 2.39 bits per heavy atom. The Morgan fingerprint density at radius 1 is 1.33 bits per heavy atom. The molecule has 0 saturated heterocycles. The van der Waals surface area contributed by atoms with Crippen LogP contribution in [0.4, 0.5) is 4.79 Å². The predicted molar refractivity (Wildman–Crippen MR) is 80.1 cm³/mol. The van der Waals surface area contributed by atoms with Crippen LogP contribution in [0.3, 0.4) is 0 Å². The number of rotatable bonds is 8. The molecule has 0 heterocycles. The molecular weight excluding hydrogens is 314 g/mol. The highest BCUT2D eigenvalue weighted by molar-refractivity contribution is 9.09. The lowest BCUT2D eigenvalue weighted by Gasteiger charge is -2.18. The maximum Gasteiger partial charge on any atom is 0.407 e. The Hall–Kier alpha value is -0.363. The molecule has 0 spiro atoms. The smallest absolute Gasteiger partial charge is 0.407 e. The summed E-state index contributed by atoms with van der Waals surface area (Å²) in [6.07, 6.45) is 1.01. The van der Waals surface area contributed by atoms with E-state index in [0.29, 0.717) is 13.0 Å². The van der Waals surface area contributed by atoms with Crippen LogP contribution in [0.15, 0.2) is 0 Å². The second-order valence-electron chi connectivity index (χ2n) is 5.59. The van der Waals surface area contributed by atoms with Crippen LogP contribution in [0, 0.1) is 0 Å². The summed E-state index contributed by atoms with van der Waals surface area (Å²) in [7, 11) is -1.18. The van der Waals surface area contributed by atoms with Gasteiger partial charge in [-0.05, 0) is 25.8 Å². The van der Waals surface area contributed by atoms with Crippen molar-refractivity contribution in [3.05, 3.63) is 0 Å². The van der Waals surface area contributed by atoms with Crippen molar-refractivity contribution in [2.75, 3.05) is 11.9 Å². The zero-order valence-corrected chi connectivity index (χ0v) is 14.3. The fraction of sp³-hybridized carbons (Fsp3) is 0.833. The van der Waals surface area contributed by atoms with Crippen LogP contribution in [0.1, 0.15) is 19.8 Å². The molecule has 1 N–H and O–H groups in total. The molecule has 0 bridgehead atoms. The molecule has 18 heavy (non-hydrogen) atoms. The SMILES string of the molecule is CC(=O)[C@H](CCCBr)NC(=O)OCC[Si](C)(C)C. The van der Waals surface area contributed by atoms with E-state index in [1.54, 1.807) is 0 Å². The summed E-state index contributed by atoms with van der Waals surface area (Å²) in [5.41, 5.74) is 0. The van der Waals surface area contributed by atoms with E-state index in [4.69, 9.17) is 4.74 Å². The molecule has 0 saturated carbocycles. The first-order valence-electron chi connectivity index (χ1n) is 6.26. The van der Waals surface area contributed by atoms with Crippen molar-refractivity contribution >= 4 is 35.9 Å². The van der Waals surface area contributed by atoms with Crippen LogP contribution in [-0.4, -0.2) is 37.9 Å². The molecule has 4 nitrogen and oxygen atoms in total. The summed E-state index contributed by atoms with van der Waals surface area (Å²) in [5.74, 6) is -0.0295. The summed E-state index contributed by atoms with van der Waals surface area (Å²) < 4.78 is 5.10. The maximum absolute atomic E-state index is 11.5. The summed E-state index contributed by atoms with van der Waals surface area (Å²) in [4.78, 5) is 22.9. The second kappa shape index (κ2) is 8.69. The van der Waals surface area contributed by atoms with E-state index in [2.05, 4.69) is 40.9 Å². The first-order valence-corrected chi connectivity index (χ1v) is 11.1. The standard InChI is InChI=1S/C12H24BrNO3Si/c1-10(15)11(6-5-7-13)14-12(16)17-8-9-18(2,3)4/h11H,5-9H2,1-4H3,(H,14,16)/t11-/m0/s1. The first-order chi connectivity index (χ1) is 8.26. The van der Waals surface area contributed by atoms with Crippen LogP contribution >= 0.6 is 15.9 Å². The molecule has 6 heteroatoms. The van der Waals surface area contributed by atoms with Gasteiger partial charge in [0.2, 0.25) is 0 Å². The van der Waals surface area contributed by atoms with Crippen LogP contribution < -0.4 is 5.32 Å². The summed E-state index contributed by atoms with van der Waals surface area (Å²) in [6.45, 7) is 8.60. The number of nitrogens with one attached hydrogen (secondary N) is 1. The molecule has 0 aromatic rings. The highest BCUT2D eigenvalue weighted by Gasteiger charge is 2.18. The number of alkyl carbamates (subject to hydrolysis) is 1. The van der Waals surface area contributed by atoms with Gasteiger partial charge in [0.1, 0.15) is 0 Å². The molecular formula is C12H24BrNO3Si. The van der Waals surface area contributed by atoms with Gasteiger partial charge in [-0.2, -0.15) is 0 Å². The average molecular weight is 338 g/mol. The number of carbonyl (C=O) groups excluding carboxylic acids is 2. The van der Waals surface area contributed by atoms with Gasteiger partial charge in [-0.25, -0.2) is 4.79 Å². The number of hydrogen-bond donors (Lipinski definition) is 1. The first kappa shape index (κ1) is 17.6. The van der Waals surface area contributed by atoms with Crippen molar-refractivity contribution in [1.82, 2.24) is 5.32 Å². The van der Waals surface area contributed by atoms with Crippen molar-refractivity contribution in [3.8, 4) is 0 Å². The van der Waals surface area contributed by atoms with Gasteiger partial charge in [-0.3, -0.25) is 4.79 Å². The summed E-state index contributed by atoms with van der Waals surface area (Å²) in [6, 6.07) is 0.508. The zero-order chi connectivity index (χ0) is 14.2.